The van der Waals surface area contributed by atoms with Gasteiger partial charge in [-0.25, -0.2) is 0 Å². The minimum absolute atomic E-state index is 0.188. The van der Waals surface area contributed by atoms with Crippen molar-refractivity contribution in [3.05, 3.63) is 0 Å². The SMILES string of the molecule is CCNCCC(=O)NC1CCSC1. The molecule has 0 saturated carbocycles. The molecule has 0 bridgehead atoms. The molecule has 0 aromatic heterocycles. The highest BCUT2D eigenvalue weighted by Gasteiger charge is 2.16. The van der Waals surface area contributed by atoms with Crippen molar-refractivity contribution in [2.45, 2.75) is 25.8 Å². The summed E-state index contributed by atoms with van der Waals surface area (Å²) in [6.45, 7) is 3.78. The average Bonchev–Trinajstić information content (AvgIpc) is 2.57. The van der Waals surface area contributed by atoms with Crippen LogP contribution in [-0.2, 0) is 4.79 Å². The maximum Gasteiger partial charge on any atom is 0.221 e. The lowest BCUT2D eigenvalue weighted by Gasteiger charge is -2.10. The highest BCUT2D eigenvalue weighted by molar-refractivity contribution is 7.99. The van der Waals surface area contributed by atoms with E-state index in [9.17, 15) is 4.79 Å². The Morgan fingerprint density at radius 1 is 1.62 bits per heavy atom. The summed E-state index contributed by atoms with van der Waals surface area (Å²) in [5.74, 6) is 2.47. The van der Waals surface area contributed by atoms with Crippen molar-refractivity contribution in [1.29, 1.82) is 0 Å². The van der Waals surface area contributed by atoms with Crippen LogP contribution in [0.1, 0.15) is 19.8 Å². The average molecular weight is 202 g/mol. The van der Waals surface area contributed by atoms with Gasteiger partial charge in [0.05, 0.1) is 0 Å². The van der Waals surface area contributed by atoms with Gasteiger partial charge in [0, 0.05) is 24.8 Å². The molecule has 0 radical (unpaired) electrons. The Bertz CT molecular complexity index is 158. The topological polar surface area (TPSA) is 41.1 Å². The van der Waals surface area contributed by atoms with Crippen molar-refractivity contribution in [1.82, 2.24) is 10.6 Å². The first-order valence-corrected chi connectivity index (χ1v) is 6.06. The molecule has 0 aromatic rings. The van der Waals surface area contributed by atoms with Gasteiger partial charge in [-0.1, -0.05) is 6.92 Å². The van der Waals surface area contributed by atoms with Crippen molar-refractivity contribution < 1.29 is 4.79 Å². The van der Waals surface area contributed by atoms with Gasteiger partial charge in [0.2, 0.25) is 5.91 Å². The molecular formula is C9H18N2OS. The van der Waals surface area contributed by atoms with E-state index in [4.69, 9.17) is 0 Å². The van der Waals surface area contributed by atoms with E-state index in [2.05, 4.69) is 10.6 Å². The van der Waals surface area contributed by atoms with Crippen LogP contribution in [0.3, 0.4) is 0 Å². The molecular weight excluding hydrogens is 184 g/mol. The zero-order chi connectivity index (χ0) is 9.52. The van der Waals surface area contributed by atoms with Crippen molar-refractivity contribution in [2.24, 2.45) is 0 Å². The monoisotopic (exact) mass is 202 g/mol. The Hall–Kier alpha value is -0.220. The number of thioether (sulfide) groups is 1. The molecule has 0 aromatic carbocycles. The molecule has 1 unspecified atom stereocenters. The summed E-state index contributed by atoms with van der Waals surface area (Å²) >= 11 is 1.92. The molecule has 0 aliphatic carbocycles. The summed E-state index contributed by atoms with van der Waals surface area (Å²) in [4.78, 5) is 11.3. The summed E-state index contributed by atoms with van der Waals surface area (Å²) in [5.41, 5.74) is 0. The fourth-order valence-electron chi connectivity index (χ4n) is 1.33. The van der Waals surface area contributed by atoms with E-state index in [-0.39, 0.29) is 5.91 Å². The van der Waals surface area contributed by atoms with Crippen molar-refractivity contribution in [2.75, 3.05) is 24.6 Å². The van der Waals surface area contributed by atoms with Gasteiger partial charge in [0.25, 0.3) is 0 Å². The maximum atomic E-state index is 11.3. The van der Waals surface area contributed by atoms with Crippen LogP contribution in [0.5, 0.6) is 0 Å². The zero-order valence-corrected chi connectivity index (χ0v) is 8.95. The molecule has 2 N–H and O–H groups in total. The molecule has 1 amide bonds. The van der Waals surface area contributed by atoms with Gasteiger partial charge in [-0.15, -0.1) is 0 Å². The number of nitrogens with one attached hydrogen (secondary N) is 2. The number of carbonyl (C=O) groups excluding carboxylic acids is 1. The van der Waals surface area contributed by atoms with Gasteiger partial charge >= 0.3 is 0 Å². The predicted octanol–water partition coefficient (Wildman–Crippen LogP) is 0.608. The standard InChI is InChI=1S/C9H18N2OS/c1-2-10-5-3-9(12)11-8-4-6-13-7-8/h8,10H,2-7H2,1H3,(H,11,12). The number of rotatable bonds is 5. The number of hydrogen-bond donors (Lipinski definition) is 2. The highest BCUT2D eigenvalue weighted by atomic mass is 32.2. The van der Waals surface area contributed by atoms with Gasteiger partial charge < -0.3 is 10.6 Å². The van der Waals surface area contributed by atoms with Crippen LogP contribution in [0, 0.1) is 0 Å². The Kier molecular flexibility index (Phi) is 5.23. The number of hydrogen-bond acceptors (Lipinski definition) is 3. The van der Waals surface area contributed by atoms with Crippen LogP contribution in [0.25, 0.3) is 0 Å². The van der Waals surface area contributed by atoms with Crippen LogP contribution in [0.4, 0.5) is 0 Å². The molecule has 0 spiro atoms. The molecule has 3 nitrogen and oxygen atoms in total. The number of carbonyl (C=O) groups is 1. The maximum absolute atomic E-state index is 11.3. The smallest absolute Gasteiger partial charge is 0.221 e. The molecule has 1 aliphatic heterocycles. The lowest BCUT2D eigenvalue weighted by Crippen LogP contribution is -2.36. The first kappa shape index (κ1) is 10.9. The Balaban J connectivity index is 2.02. The third-order valence-corrected chi connectivity index (χ3v) is 3.24. The van der Waals surface area contributed by atoms with Crippen molar-refractivity contribution in [3.8, 4) is 0 Å². The van der Waals surface area contributed by atoms with Crippen LogP contribution >= 0.6 is 11.8 Å². The predicted molar refractivity (Wildman–Crippen MR) is 57.0 cm³/mol. The Labute approximate surface area is 84.0 Å². The molecule has 1 saturated heterocycles. The zero-order valence-electron chi connectivity index (χ0n) is 8.14. The van der Waals surface area contributed by atoms with Crippen LogP contribution < -0.4 is 10.6 Å². The Morgan fingerprint density at radius 3 is 3.08 bits per heavy atom. The minimum atomic E-state index is 0.188. The normalized spacial score (nSPS) is 21.8. The Morgan fingerprint density at radius 2 is 2.46 bits per heavy atom. The lowest BCUT2D eigenvalue weighted by atomic mass is 10.2. The second-order valence-electron chi connectivity index (χ2n) is 3.23. The van der Waals surface area contributed by atoms with Crippen LogP contribution in [-0.4, -0.2) is 36.5 Å². The molecule has 1 atom stereocenters. The third kappa shape index (κ3) is 4.52. The van der Waals surface area contributed by atoms with Crippen molar-refractivity contribution >= 4 is 17.7 Å². The largest absolute Gasteiger partial charge is 0.352 e. The quantitative estimate of drug-likeness (QED) is 0.642. The first-order valence-electron chi connectivity index (χ1n) is 4.90. The summed E-state index contributed by atoms with van der Waals surface area (Å²) in [7, 11) is 0. The van der Waals surface area contributed by atoms with Crippen LogP contribution in [0.15, 0.2) is 0 Å². The fraction of sp³-hybridized carbons (Fsp3) is 0.889. The van der Waals surface area contributed by atoms with Gasteiger partial charge in [0.15, 0.2) is 0 Å². The summed E-state index contributed by atoms with van der Waals surface area (Å²) in [6.07, 6.45) is 1.74. The lowest BCUT2D eigenvalue weighted by molar-refractivity contribution is -0.121. The van der Waals surface area contributed by atoms with Crippen molar-refractivity contribution in [3.63, 3.8) is 0 Å². The van der Waals surface area contributed by atoms with Gasteiger partial charge in [-0.05, 0) is 18.7 Å². The van der Waals surface area contributed by atoms with E-state index in [1.54, 1.807) is 0 Å². The van der Waals surface area contributed by atoms with Gasteiger partial charge in [-0.3, -0.25) is 4.79 Å². The molecule has 4 heteroatoms. The van der Waals surface area contributed by atoms with E-state index < -0.39 is 0 Å². The highest BCUT2D eigenvalue weighted by Crippen LogP contribution is 2.16. The molecule has 1 fully saturated rings. The number of amides is 1. The van der Waals surface area contributed by atoms with E-state index >= 15 is 0 Å². The molecule has 1 aliphatic rings. The molecule has 13 heavy (non-hydrogen) atoms. The van der Waals surface area contributed by atoms with Gasteiger partial charge in [0.1, 0.15) is 0 Å². The first-order chi connectivity index (χ1) is 6.33. The molecule has 1 heterocycles. The second-order valence-corrected chi connectivity index (χ2v) is 4.38. The summed E-state index contributed by atoms with van der Waals surface area (Å²) < 4.78 is 0. The fourth-order valence-corrected chi connectivity index (χ4v) is 2.48. The summed E-state index contributed by atoms with van der Waals surface area (Å²) in [6, 6.07) is 0.430. The van der Waals surface area contributed by atoms with Gasteiger partial charge in [-0.2, -0.15) is 11.8 Å². The van der Waals surface area contributed by atoms with E-state index in [1.165, 1.54) is 5.75 Å². The minimum Gasteiger partial charge on any atom is -0.352 e. The second kappa shape index (κ2) is 6.27. The summed E-state index contributed by atoms with van der Waals surface area (Å²) in [5, 5.41) is 6.18. The third-order valence-electron chi connectivity index (χ3n) is 2.07. The van der Waals surface area contributed by atoms with E-state index in [0.29, 0.717) is 12.5 Å². The van der Waals surface area contributed by atoms with Crippen LogP contribution in [0.2, 0.25) is 0 Å². The van der Waals surface area contributed by atoms with E-state index in [0.717, 1.165) is 25.3 Å². The molecule has 76 valence electrons. The van der Waals surface area contributed by atoms with E-state index in [1.807, 2.05) is 18.7 Å². The molecule has 1 rings (SSSR count).